The summed E-state index contributed by atoms with van der Waals surface area (Å²) in [6, 6.07) is 11.1. The highest BCUT2D eigenvalue weighted by Crippen LogP contribution is 2.15. The zero-order valence-electron chi connectivity index (χ0n) is 14.3. The van der Waals surface area contributed by atoms with E-state index < -0.39 is 0 Å². The van der Waals surface area contributed by atoms with E-state index in [9.17, 15) is 9.59 Å². The number of aromatic nitrogens is 1. The Balaban J connectivity index is 1.73. The molecule has 2 amide bonds. The predicted octanol–water partition coefficient (Wildman–Crippen LogP) is 3.02. The molecule has 0 spiro atoms. The number of unbranched alkanes of at least 4 members (excludes halogenated alkanes) is 1. The zero-order valence-corrected chi connectivity index (χ0v) is 15.1. The summed E-state index contributed by atoms with van der Waals surface area (Å²) < 4.78 is 0. The van der Waals surface area contributed by atoms with Gasteiger partial charge in [-0.3, -0.25) is 14.6 Å². The Kier molecular flexibility index (Phi) is 7.98. The number of pyridine rings is 1. The van der Waals surface area contributed by atoms with Crippen molar-refractivity contribution >= 4 is 23.6 Å². The van der Waals surface area contributed by atoms with E-state index >= 15 is 0 Å². The number of carbonyl (C=O) groups is 2. The minimum Gasteiger partial charge on any atom is -0.352 e. The fourth-order valence-corrected chi connectivity index (χ4v) is 2.80. The minimum absolute atomic E-state index is 0.0248. The molecule has 0 unspecified atom stereocenters. The first-order chi connectivity index (χ1) is 12.2. The molecule has 0 atom stereocenters. The van der Waals surface area contributed by atoms with Gasteiger partial charge in [0, 0.05) is 35.9 Å². The summed E-state index contributed by atoms with van der Waals surface area (Å²) in [5.41, 5.74) is 1.60. The molecule has 0 aliphatic rings. The third-order valence-corrected chi connectivity index (χ3v) is 4.55. The lowest BCUT2D eigenvalue weighted by Gasteiger charge is -2.07. The van der Waals surface area contributed by atoms with Crippen LogP contribution in [0.3, 0.4) is 0 Å². The van der Waals surface area contributed by atoms with Gasteiger partial charge in [-0.1, -0.05) is 25.5 Å². The number of hydrogen-bond acceptors (Lipinski definition) is 4. The summed E-state index contributed by atoms with van der Waals surface area (Å²) in [6.45, 7) is 3.24. The number of thioether (sulfide) groups is 1. The second-order valence-electron chi connectivity index (χ2n) is 5.55. The molecule has 25 heavy (non-hydrogen) atoms. The first-order valence-electron chi connectivity index (χ1n) is 8.35. The smallest absolute Gasteiger partial charge is 0.251 e. The summed E-state index contributed by atoms with van der Waals surface area (Å²) in [7, 11) is 0. The van der Waals surface area contributed by atoms with Gasteiger partial charge >= 0.3 is 0 Å². The second kappa shape index (κ2) is 10.5. The van der Waals surface area contributed by atoms with Gasteiger partial charge in [0.15, 0.2) is 0 Å². The van der Waals surface area contributed by atoms with E-state index in [-0.39, 0.29) is 11.8 Å². The Morgan fingerprint density at radius 3 is 2.44 bits per heavy atom. The van der Waals surface area contributed by atoms with Crippen LogP contribution in [-0.4, -0.2) is 29.1 Å². The minimum atomic E-state index is -0.0576. The van der Waals surface area contributed by atoms with E-state index in [0.29, 0.717) is 24.4 Å². The maximum atomic E-state index is 11.9. The molecule has 0 saturated carbocycles. The number of benzene rings is 1. The Labute approximate surface area is 152 Å². The number of amides is 2. The van der Waals surface area contributed by atoms with Gasteiger partial charge in [-0.25, -0.2) is 0 Å². The third kappa shape index (κ3) is 6.97. The average molecular weight is 357 g/mol. The molecule has 2 aromatic rings. The van der Waals surface area contributed by atoms with Gasteiger partial charge in [0.25, 0.3) is 5.91 Å². The summed E-state index contributed by atoms with van der Waals surface area (Å²) >= 11 is 1.47. The van der Waals surface area contributed by atoms with Crippen LogP contribution in [0.1, 0.15) is 35.7 Å². The maximum absolute atomic E-state index is 11.9. The van der Waals surface area contributed by atoms with Crippen LogP contribution in [0.25, 0.3) is 0 Å². The van der Waals surface area contributed by atoms with Gasteiger partial charge in [0.1, 0.15) is 0 Å². The van der Waals surface area contributed by atoms with Crippen LogP contribution >= 0.6 is 11.8 Å². The molecule has 0 fully saturated rings. The molecule has 0 saturated heterocycles. The van der Waals surface area contributed by atoms with Crippen LogP contribution in [0, 0.1) is 0 Å². The molecule has 0 bridgehead atoms. The summed E-state index contributed by atoms with van der Waals surface area (Å²) in [5, 5.41) is 5.77. The lowest BCUT2D eigenvalue weighted by Crippen LogP contribution is -2.25. The van der Waals surface area contributed by atoms with E-state index in [2.05, 4.69) is 22.5 Å². The fourth-order valence-electron chi connectivity index (χ4n) is 2.09. The first kappa shape index (κ1) is 19.0. The van der Waals surface area contributed by atoms with E-state index in [1.165, 1.54) is 11.8 Å². The maximum Gasteiger partial charge on any atom is 0.251 e. The molecule has 0 radical (unpaired) electrons. The Bertz CT molecular complexity index is 675. The monoisotopic (exact) mass is 357 g/mol. The lowest BCUT2D eigenvalue weighted by molar-refractivity contribution is -0.118. The van der Waals surface area contributed by atoms with E-state index in [4.69, 9.17) is 0 Å². The molecule has 1 aromatic heterocycles. The molecule has 1 heterocycles. The number of nitrogens with one attached hydrogen (secondary N) is 2. The number of carbonyl (C=O) groups excluding carboxylic acids is 2. The van der Waals surface area contributed by atoms with Crippen LogP contribution in [0.5, 0.6) is 0 Å². The zero-order chi connectivity index (χ0) is 17.9. The molecule has 5 nitrogen and oxygen atoms in total. The standard InChI is InChI=1S/C19H23N3O2S/c1-2-3-10-21-19(24)16-6-4-15(5-7-16)13-22-18(23)14-25-17-8-11-20-12-9-17/h4-9,11-12H,2-3,10,13-14H2,1H3,(H,21,24)(H,22,23). The molecule has 1 aromatic carbocycles. The quantitative estimate of drug-likeness (QED) is 0.535. The molecule has 2 N–H and O–H groups in total. The second-order valence-corrected chi connectivity index (χ2v) is 6.60. The molecular weight excluding hydrogens is 334 g/mol. The van der Waals surface area contributed by atoms with Crippen molar-refractivity contribution in [3.8, 4) is 0 Å². The third-order valence-electron chi connectivity index (χ3n) is 3.54. The van der Waals surface area contributed by atoms with Gasteiger partial charge in [0.2, 0.25) is 5.91 Å². The average Bonchev–Trinajstić information content (AvgIpc) is 2.66. The van der Waals surface area contributed by atoms with Gasteiger partial charge < -0.3 is 10.6 Å². The Morgan fingerprint density at radius 2 is 1.76 bits per heavy atom. The van der Waals surface area contributed by atoms with Crippen molar-refractivity contribution in [3.05, 3.63) is 59.9 Å². The van der Waals surface area contributed by atoms with Gasteiger partial charge in [-0.05, 0) is 36.2 Å². The summed E-state index contributed by atoms with van der Waals surface area (Å²) in [5.74, 6) is 0.281. The predicted molar refractivity (Wildman–Crippen MR) is 100 cm³/mol. The van der Waals surface area contributed by atoms with Gasteiger partial charge in [-0.2, -0.15) is 0 Å². The van der Waals surface area contributed by atoms with Crippen molar-refractivity contribution < 1.29 is 9.59 Å². The molecule has 0 aliphatic carbocycles. The topological polar surface area (TPSA) is 71.1 Å². The fraction of sp³-hybridized carbons (Fsp3) is 0.316. The summed E-state index contributed by atoms with van der Waals surface area (Å²) in [6.07, 6.45) is 5.45. The SMILES string of the molecule is CCCCNC(=O)c1ccc(CNC(=O)CSc2ccncc2)cc1. The first-order valence-corrected chi connectivity index (χ1v) is 9.34. The van der Waals surface area contributed by atoms with Crippen molar-refractivity contribution in [1.29, 1.82) is 0 Å². The normalized spacial score (nSPS) is 10.3. The van der Waals surface area contributed by atoms with Crippen LogP contribution in [0.2, 0.25) is 0 Å². The molecule has 2 rings (SSSR count). The van der Waals surface area contributed by atoms with Crippen molar-refractivity contribution in [2.75, 3.05) is 12.3 Å². The lowest BCUT2D eigenvalue weighted by atomic mass is 10.1. The van der Waals surface area contributed by atoms with E-state index in [1.807, 2.05) is 24.3 Å². The highest BCUT2D eigenvalue weighted by Gasteiger charge is 2.06. The van der Waals surface area contributed by atoms with Gasteiger partial charge in [0.05, 0.1) is 5.75 Å². The Morgan fingerprint density at radius 1 is 1.04 bits per heavy atom. The van der Waals surface area contributed by atoms with Gasteiger partial charge in [-0.15, -0.1) is 11.8 Å². The van der Waals surface area contributed by atoms with Crippen LogP contribution in [0.4, 0.5) is 0 Å². The van der Waals surface area contributed by atoms with Crippen molar-refractivity contribution in [1.82, 2.24) is 15.6 Å². The number of nitrogens with zero attached hydrogens (tertiary/aromatic N) is 1. The molecule has 132 valence electrons. The highest BCUT2D eigenvalue weighted by atomic mass is 32.2. The van der Waals surface area contributed by atoms with Crippen LogP contribution in [0.15, 0.2) is 53.7 Å². The van der Waals surface area contributed by atoms with Crippen LogP contribution < -0.4 is 10.6 Å². The van der Waals surface area contributed by atoms with E-state index in [1.54, 1.807) is 24.5 Å². The molecular formula is C19H23N3O2S. The Hall–Kier alpha value is -2.34. The van der Waals surface area contributed by atoms with Crippen molar-refractivity contribution in [3.63, 3.8) is 0 Å². The summed E-state index contributed by atoms with van der Waals surface area (Å²) in [4.78, 5) is 28.8. The van der Waals surface area contributed by atoms with Crippen LogP contribution in [-0.2, 0) is 11.3 Å². The molecule has 0 aliphatic heterocycles. The largest absolute Gasteiger partial charge is 0.352 e. The van der Waals surface area contributed by atoms with Crippen molar-refractivity contribution in [2.45, 2.75) is 31.2 Å². The number of rotatable bonds is 9. The molecule has 6 heteroatoms. The number of hydrogen-bond donors (Lipinski definition) is 2. The van der Waals surface area contributed by atoms with Crippen molar-refractivity contribution in [2.24, 2.45) is 0 Å². The highest BCUT2D eigenvalue weighted by molar-refractivity contribution is 8.00. The van der Waals surface area contributed by atoms with E-state index in [0.717, 1.165) is 23.3 Å².